The molecule has 122 valence electrons. The SMILES string of the molecule is CN(C(=N)N)C(=O)c1cc2c(Cl)ccc(Oc3ccccc3)c2[nH]1. The highest BCUT2D eigenvalue weighted by Crippen LogP contribution is 2.34. The number of H-pyrrole nitrogens is 1. The van der Waals surface area contributed by atoms with Crippen LogP contribution in [0.4, 0.5) is 0 Å². The summed E-state index contributed by atoms with van der Waals surface area (Å²) in [6, 6.07) is 14.4. The summed E-state index contributed by atoms with van der Waals surface area (Å²) in [5, 5.41) is 8.52. The lowest BCUT2D eigenvalue weighted by atomic mass is 10.2. The van der Waals surface area contributed by atoms with E-state index in [2.05, 4.69) is 4.98 Å². The van der Waals surface area contributed by atoms with Crippen LogP contribution in [0.3, 0.4) is 0 Å². The van der Waals surface area contributed by atoms with Crippen LogP contribution < -0.4 is 10.5 Å². The summed E-state index contributed by atoms with van der Waals surface area (Å²) >= 11 is 6.22. The maximum atomic E-state index is 12.3. The molecule has 3 rings (SSSR count). The van der Waals surface area contributed by atoms with Crippen molar-refractivity contribution < 1.29 is 9.53 Å². The quantitative estimate of drug-likeness (QED) is 0.501. The van der Waals surface area contributed by atoms with E-state index in [1.807, 2.05) is 30.3 Å². The van der Waals surface area contributed by atoms with E-state index in [-0.39, 0.29) is 11.7 Å². The van der Waals surface area contributed by atoms with Gasteiger partial charge in [0.1, 0.15) is 11.4 Å². The van der Waals surface area contributed by atoms with Crippen LogP contribution in [0.25, 0.3) is 10.9 Å². The fourth-order valence-electron chi connectivity index (χ4n) is 2.27. The number of aromatic nitrogens is 1. The van der Waals surface area contributed by atoms with Crippen LogP contribution >= 0.6 is 11.6 Å². The van der Waals surface area contributed by atoms with Gasteiger partial charge < -0.3 is 15.5 Å². The lowest BCUT2D eigenvalue weighted by Gasteiger charge is -2.12. The molecular formula is C17H15ClN4O2. The number of guanidine groups is 1. The number of nitrogens with one attached hydrogen (secondary N) is 2. The molecular weight excluding hydrogens is 328 g/mol. The fraction of sp³-hybridized carbons (Fsp3) is 0.0588. The zero-order valence-corrected chi connectivity index (χ0v) is 13.6. The third-order valence-electron chi connectivity index (χ3n) is 3.57. The second-order valence-corrected chi connectivity index (χ2v) is 5.59. The van der Waals surface area contributed by atoms with Crippen molar-refractivity contribution in [2.75, 3.05) is 7.05 Å². The number of rotatable bonds is 3. The Balaban J connectivity index is 2.05. The fourth-order valence-corrected chi connectivity index (χ4v) is 2.48. The number of carbonyl (C=O) groups is 1. The third-order valence-corrected chi connectivity index (χ3v) is 3.90. The number of carbonyl (C=O) groups excluding carboxylic acids is 1. The van der Waals surface area contributed by atoms with Crippen molar-refractivity contribution in [2.45, 2.75) is 0 Å². The average Bonchev–Trinajstić information content (AvgIpc) is 3.03. The highest BCUT2D eigenvalue weighted by molar-refractivity contribution is 6.35. The maximum Gasteiger partial charge on any atom is 0.276 e. The lowest BCUT2D eigenvalue weighted by molar-refractivity contribution is 0.0864. The minimum absolute atomic E-state index is 0.272. The van der Waals surface area contributed by atoms with Gasteiger partial charge in [0.25, 0.3) is 5.91 Å². The van der Waals surface area contributed by atoms with Gasteiger partial charge in [0.2, 0.25) is 0 Å². The Hall–Kier alpha value is -2.99. The van der Waals surface area contributed by atoms with Crippen molar-refractivity contribution in [1.82, 2.24) is 9.88 Å². The van der Waals surface area contributed by atoms with Crippen molar-refractivity contribution >= 4 is 34.4 Å². The van der Waals surface area contributed by atoms with Gasteiger partial charge in [-0.15, -0.1) is 0 Å². The first kappa shape index (κ1) is 15.9. The molecule has 0 spiro atoms. The number of hydrogen-bond acceptors (Lipinski definition) is 3. The molecule has 7 heteroatoms. The highest BCUT2D eigenvalue weighted by Gasteiger charge is 2.19. The van der Waals surface area contributed by atoms with E-state index >= 15 is 0 Å². The van der Waals surface area contributed by atoms with Gasteiger partial charge in [-0.05, 0) is 30.3 Å². The molecule has 1 aromatic heterocycles. The number of benzene rings is 2. The monoisotopic (exact) mass is 342 g/mol. The molecule has 4 N–H and O–H groups in total. The van der Waals surface area contributed by atoms with Crippen molar-refractivity contribution in [1.29, 1.82) is 5.41 Å². The normalized spacial score (nSPS) is 10.6. The molecule has 0 saturated carbocycles. The second kappa shape index (κ2) is 6.25. The Labute approximate surface area is 143 Å². The Kier molecular flexibility index (Phi) is 4.14. The first-order chi connectivity index (χ1) is 11.5. The van der Waals surface area contributed by atoms with E-state index in [9.17, 15) is 4.79 Å². The van der Waals surface area contributed by atoms with E-state index in [4.69, 9.17) is 27.5 Å². The Morgan fingerprint density at radius 3 is 2.62 bits per heavy atom. The highest BCUT2D eigenvalue weighted by atomic mass is 35.5. The van der Waals surface area contributed by atoms with Gasteiger partial charge in [-0.1, -0.05) is 29.8 Å². The molecule has 6 nitrogen and oxygen atoms in total. The van der Waals surface area contributed by atoms with E-state index in [1.54, 1.807) is 18.2 Å². The molecule has 0 aliphatic heterocycles. The number of para-hydroxylation sites is 1. The van der Waals surface area contributed by atoms with Crippen LogP contribution in [0.2, 0.25) is 5.02 Å². The summed E-state index contributed by atoms with van der Waals surface area (Å²) in [4.78, 5) is 16.4. The van der Waals surface area contributed by atoms with E-state index in [0.29, 0.717) is 27.4 Å². The summed E-state index contributed by atoms with van der Waals surface area (Å²) < 4.78 is 5.87. The summed E-state index contributed by atoms with van der Waals surface area (Å²) in [5.74, 6) is 0.445. The number of halogens is 1. The molecule has 3 aromatic rings. The van der Waals surface area contributed by atoms with Crippen molar-refractivity contribution in [2.24, 2.45) is 5.73 Å². The van der Waals surface area contributed by atoms with Crippen LogP contribution in [0.5, 0.6) is 11.5 Å². The molecule has 0 unspecified atom stereocenters. The van der Waals surface area contributed by atoms with Gasteiger partial charge in [0.15, 0.2) is 11.7 Å². The average molecular weight is 343 g/mol. The van der Waals surface area contributed by atoms with Crippen molar-refractivity contribution in [3.8, 4) is 11.5 Å². The van der Waals surface area contributed by atoms with E-state index in [0.717, 1.165) is 4.90 Å². The number of hydrogen-bond donors (Lipinski definition) is 3. The number of aromatic amines is 1. The molecule has 0 atom stereocenters. The maximum absolute atomic E-state index is 12.3. The Bertz CT molecular complexity index is 921. The predicted molar refractivity (Wildman–Crippen MR) is 93.8 cm³/mol. The molecule has 0 bridgehead atoms. The number of nitrogens with zero attached hydrogens (tertiary/aromatic N) is 1. The summed E-state index contributed by atoms with van der Waals surface area (Å²) in [5.41, 5.74) is 6.23. The second-order valence-electron chi connectivity index (χ2n) is 5.18. The number of ether oxygens (including phenoxy) is 1. The summed E-state index contributed by atoms with van der Waals surface area (Å²) in [7, 11) is 1.43. The molecule has 1 amide bonds. The topological polar surface area (TPSA) is 95.2 Å². The number of amides is 1. The summed E-state index contributed by atoms with van der Waals surface area (Å²) in [6.45, 7) is 0. The van der Waals surface area contributed by atoms with Gasteiger partial charge in [0.05, 0.1) is 10.5 Å². The van der Waals surface area contributed by atoms with Crippen molar-refractivity contribution in [3.05, 3.63) is 59.2 Å². The van der Waals surface area contributed by atoms with Gasteiger partial charge in [-0.2, -0.15) is 0 Å². The number of nitrogens with two attached hydrogens (primary N) is 1. The summed E-state index contributed by atoms with van der Waals surface area (Å²) in [6.07, 6.45) is 0. The first-order valence-electron chi connectivity index (χ1n) is 7.13. The molecule has 2 aromatic carbocycles. The predicted octanol–water partition coefficient (Wildman–Crippen LogP) is 3.58. The zero-order valence-electron chi connectivity index (χ0n) is 12.8. The molecule has 1 heterocycles. The standard InChI is InChI=1S/C17H15ClN4O2/c1-22(17(19)20)16(23)13-9-11-12(18)7-8-14(15(11)21-13)24-10-5-3-2-4-6-10/h2-9,21H,1H3,(H3,19,20). The number of fused-ring (bicyclic) bond motifs is 1. The van der Waals surface area contributed by atoms with E-state index < -0.39 is 5.91 Å². The van der Waals surface area contributed by atoms with Gasteiger partial charge >= 0.3 is 0 Å². The van der Waals surface area contributed by atoms with Crippen LogP contribution in [-0.4, -0.2) is 28.8 Å². The van der Waals surface area contributed by atoms with Gasteiger partial charge in [-0.25, -0.2) is 0 Å². The van der Waals surface area contributed by atoms with Crippen LogP contribution in [0.15, 0.2) is 48.5 Å². The third kappa shape index (κ3) is 2.91. The van der Waals surface area contributed by atoms with Crippen LogP contribution in [-0.2, 0) is 0 Å². The minimum Gasteiger partial charge on any atom is -0.455 e. The van der Waals surface area contributed by atoms with Gasteiger partial charge in [0, 0.05) is 12.4 Å². The van der Waals surface area contributed by atoms with Crippen LogP contribution in [0, 0.1) is 5.41 Å². The lowest BCUT2D eigenvalue weighted by Crippen LogP contribution is -2.38. The van der Waals surface area contributed by atoms with E-state index in [1.165, 1.54) is 7.05 Å². The molecule has 0 saturated heterocycles. The first-order valence-corrected chi connectivity index (χ1v) is 7.51. The zero-order chi connectivity index (χ0) is 17.3. The van der Waals surface area contributed by atoms with Crippen LogP contribution in [0.1, 0.15) is 10.5 Å². The van der Waals surface area contributed by atoms with Gasteiger partial charge in [-0.3, -0.25) is 15.1 Å². The molecule has 0 aliphatic rings. The van der Waals surface area contributed by atoms with Crippen molar-refractivity contribution in [3.63, 3.8) is 0 Å². The minimum atomic E-state index is -0.430. The Morgan fingerprint density at radius 2 is 1.96 bits per heavy atom. The molecule has 0 aliphatic carbocycles. The Morgan fingerprint density at radius 1 is 1.25 bits per heavy atom. The smallest absolute Gasteiger partial charge is 0.276 e. The largest absolute Gasteiger partial charge is 0.455 e. The molecule has 0 radical (unpaired) electrons. The molecule has 0 fully saturated rings. The molecule has 24 heavy (non-hydrogen) atoms.